The summed E-state index contributed by atoms with van der Waals surface area (Å²) in [5.74, 6) is -1.04. The smallest absolute Gasteiger partial charge is 0.338 e. The van der Waals surface area contributed by atoms with Gasteiger partial charge in [0.2, 0.25) is 0 Å². The Balaban J connectivity index is 1.79. The highest BCUT2D eigenvalue weighted by Crippen LogP contribution is 2.10. The Morgan fingerprint density at radius 1 is 1.13 bits per heavy atom. The fourth-order valence-electron chi connectivity index (χ4n) is 1.81. The number of rotatable bonds is 6. The monoisotopic (exact) mass is 331 g/mol. The largest absolute Gasteiger partial charge is 0.452 e. The number of ether oxygens (including phenoxy) is 1. The van der Waals surface area contributed by atoms with Crippen LogP contribution in [0.2, 0.25) is 5.02 Å². The van der Waals surface area contributed by atoms with E-state index in [0.29, 0.717) is 23.4 Å². The van der Waals surface area contributed by atoms with Crippen LogP contribution in [0.4, 0.5) is 0 Å². The van der Waals surface area contributed by atoms with E-state index < -0.39 is 11.9 Å². The molecule has 0 aliphatic carbocycles. The third-order valence-corrected chi connectivity index (χ3v) is 3.23. The third-order valence-electron chi connectivity index (χ3n) is 3.00. The molecule has 5 nitrogen and oxygen atoms in total. The summed E-state index contributed by atoms with van der Waals surface area (Å²) in [5.41, 5.74) is 1.58. The second-order valence-electron chi connectivity index (χ2n) is 4.72. The molecule has 0 aromatic heterocycles. The molecule has 6 heteroatoms. The van der Waals surface area contributed by atoms with Crippen molar-refractivity contribution in [2.75, 3.05) is 6.61 Å². The number of halogens is 1. The number of amides is 1. The summed E-state index contributed by atoms with van der Waals surface area (Å²) in [6, 6.07) is 13.0. The average molecular weight is 332 g/mol. The van der Waals surface area contributed by atoms with Crippen molar-refractivity contribution in [2.45, 2.75) is 6.54 Å². The molecule has 0 unspecified atom stereocenters. The molecular weight excluding hydrogens is 318 g/mol. The first kappa shape index (κ1) is 16.7. The van der Waals surface area contributed by atoms with Crippen LogP contribution in [0.1, 0.15) is 26.3 Å². The Labute approximate surface area is 138 Å². The van der Waals surface area contributed by atoms with E-state index in [0.717, 1.165) is 5.56 Å². The number of carbonyl (C=O) groups is 3. The van der Waals surface area contributed by atoms with Gasteiger partial charge in [0, 0.05) is 17.1 Å². The molecule has 2 rings (SSSR count). The Hall–Kier alpha value is -2.66. The van der Waals surface area contributed by atoms with Gasteiger partial charge in [-0.15, -0.1) is 0 Å². The van der Waals surface area contributed by atoms with Crippen LogP contribution in [0.3, 0.4) is 0 Å². The highest BCUT2D eigenvalue weighted by atomic mass is 35.5. The summed E-state index contributed by atoms with van der Waals surface area (Å²) in [6.45, 7) is -0.0835. The van der Waals surface area contributed by atoms with Crippen LogP contribution in [0.5, 0.6) is 0 Å². The number of hydrogen-bond acceptors (Lipinski definition) is 4. The second kappa shape index (κ2) is 8.10. The quantitative estimate of drug-likeness (QED) is 0.652. The molecule has 0 heterocycles. The topological polar surface area (TPSA) is 72.5 Å². The summed E-state index contributed by atoms with van der Waals surface area (Å²) in [4.78, 5) is 34.0. The van der Waals surface area contributed by atoms with E-state index >= 15 is 0 Å². The number of aldehydes is 1. The minimum Gasteiger partial charge on any atom is -0.452 e. The summed E-state index contributed by atoms with van der Waals surface area (Å²) in [6.07, 6.45) is 0.679. The van der Waals surface area contributed by atoms with Crippen LogP contribution in [-0.2, 0) is 16.1 Å². The first-order chi connectivity index (χ1) is 11.1. The Bertz CT molecular complexity index is 713. The van der Waals surface area contributed by atoms with E-state index in [4.69, 9.17) is 16.3 Å². The molecule has 0 fully saturated rings. The lowest BCUT2D eigenvalue weighted by Gasteiger charge is -2.07. The molecule has 1 amide bonds. The molecule has 23 heavy (non-hydrogen) atoms. The van der Waals surface area contributed by atoms with E-state index in [-0.39, 0.29) is 12.2 Å². The van der Waals surface area contributed by atoms with E-state index in [2.05, 4.69) is 5.32 Å². The number of hydrogen-bond donors (Lipinski definition) is 1. The molecule has 118 valence electrons. The molecule has 2 aromatic carbocycles. The zero-order valence-corrected chi connectivity index (χ0v) is 12.9. The fraction of sp³-hybridized carbons (Fsp3) is 0.118. The number of nitrogens with one attached hydrogen (secondary N) is 1. The Morgan fingerprint density at radius 3 is 2.52 bits per heavy atom. The van der Waals surface area contributed by atoms with Crippen molar-refractivity contribution in [2.24, 2.45) is 0 Å². The van der Waals surface area contributed by atoms with Crippen LogP contribution in [0.15, 0.2) is 48.5 Å². The van der Waals surface area contributed by atoms with Gasteiger partial charge >= 0.3 is 5.97 Å². The molecule has 0 saturated heterocycles. The van der Waals surface area contributed by atoms with Gasteiger partial charge in [0.25, 0.3) is 5.91 Å². The van der Waals surface area contributed by atoms with Gasteiger partial charge < -0.3 is 10.1 Å². The van der Waals surface area contributed by atoms with Gasteiger partial charge in [-0.3, -0.25) is 9.59 Å². The van der Waals surface area contributed by atoms with Gasteiger partial charge in [-0.2, -0.15) is 0 Å². The minimum atomic E-state index is -0.625. The fourth-order valence-corrected chi connectivity index (χ4v) is 2.02. The zero-order chi connectivity index (χ0) is 16.7. The normalized spacial score (nSPS) is 9.96. The van der Waals surface area contributed by atoms with Crippen molar-refractivity contribution >= 4 is 29.8 Å². The molecule has 0 atom stereocenters. The van der Waals surface area contributed by atoms with Crippen molar-refractivity contribution in [1.29, 1.82) is 0 Å². The van der Waals surface area contributed by atoms with Crippen molar-refractivity contribution in [3.8, 4) is 0 Å². The maximum absolute atomic E-state index is 11.8. The molecule has 0 aliphatic heterocycles. The molecule has 2 aromatic rings. The van der Waals surface area contributed by atoms with Crippen LogP contribution in [0, 0.1) is 0 Å². The minimum absolute atomic E-state index is 0.276. The first-order valence-corrected chi connectivity index (χ1v) is 7.20. The third kappa shape index (κ3) is 5.23. The maximum Gasteiger partial charge on any atom is 0.338 e. The molecular formula is C17H14ClNO4. The highest BCUT2D eigenvalue weighted by molar-refractivity contribution is 6.30. The first-order valence-electron chi connectivity index (χ1n) is 6.82. The number of carbonyl (C=O) groups excluding carboxylic acids is 3. The Morgan fingerprint density at radius 2 is 1.87 bits per heavy atom. The predicted molar refractivity (Wildman–Crippen MR) is 85.4 cm³/mol. The van der Waals surface area contributed by atoms with Crippen LogP contribution in [0.25, 0.3) is 0 Å². The van der Waals surface area contributed by atoms with Crippen molar-refractivity contribution in [1.82, 2.24) is 5.32 Å². The number of benzene rings is 2. The van der Waals surface area contributed by atoms with Gasteiger partial charge in [0.15, 0.2) is 6.61 Å². The Kier molecular flexibility index (Phi) is 5.88. The summed E-state index contributed by atoms with van der Waals surface area (Å²) >= 11 is 5.85. The SMILES string of the molecule is O=Cc1ccc(C(=O)OCC(=O)NCc2cccc(Cl)c2)cc1. The summed E-state index contributed by atoms with van der Waals surface area (Å²) < 4.78 is 4.91. The maximum atomic E-state index is 11.8. The van der Waals surface area contributed by atoms with Crippen molar-refractivity contribution in [3.05, 3.63) is 70.2 Å². The van der Waals surface area contributed by atoms with Gasteiger partial charge in [-0.25, -0.2) is 4.79 Å². The van der Waals surface area contributed by atoms with Crippen LogP contribution >= 0.6 is 11.6 Å². The average Bonchev–Trinajstić information content (AvgIpc) is 2.58. The van der Waals surface area contributed by atoms with Crippen LogP contribution in [-0.4, -0.2) is 24.8 Å². The van der Waals surface area contributed by atoms with E-state index in [1.807, 2.05) is 6.07 Å². The van der Waals surface area contributed by atoms with E-state index in [9.17, 15) is 14.4 Å². The second-order valence-corrected chi connectivity index (χ2v) is 5.16. The molecule has 0 bridgehead atoms. The predicted octanol–water partition coefficient (Wildman–Crippen LogP) is 2.63. The standard InChI is InChI=1S/C17H14ClNO4/c18-15-3-1-2-13(8-15)9-19-16(21)11-23-17(22)14-6-4-12(10-20)5-7-14/h1-8,10H,9,11H2,(H,19,21). The molecule has 0 aliphatic rings. The lowest BCUT2D eigenvalue weighted by Crippen LogP contribution is -2.28. The van der Waals surface area contributed by atoms with Gasteiger partial charge in [0.1, 0.15) is 6.29 Å². The van der Waals surface area contributed by atoms with Gasteiger partial charge in [-0.05, 0) is 29.8 Å². The molecule has 0 spiro atoms. The molecule has 0 saturated carbocycles. The van der Waals surface area contributed by atoms with Crippen molar-refractivity contribution in [3.63, 3.8) is 0 Å². The molecule has 0 radical (unpaired) electrons. The number of esters is 1. The highest BCUT2D eigenvalue weighted by Gasteiger charge is 2.10. The summed E-state index contributed by atoms with van der Waals surface area (Å²) in [7, 11) is 0. The van der Waals surface area contributed by atoms with Crippen LogP contribution < -0.4 is 5.32 Å². The van der Waals surface area contributed by atoms with Gasteiger partial charge in [-0.1, -0.05) is 35.9 Å². The van der Waals surface area contributed by atoms with E-state index in [1.54, 1.807) is 18.2 Å². The van der Waals surface area contributed by atoms with Crippen molar-refractivity contribution < 1.29 is 19.1 Å². The summed E-state index contributed by atoms with van der Waals surface area (Å²) in [5, 5.41) is 3.22. The lowest BCUT2D eigenvalue weighted by atomic mass is 10.1. The molecule has 1 N–H and O–H groups in total. The lowest BCUT2D eigenvalue weighted by molar-refractivity contribution is -0.124. The van der Waals surface area contributed by atoms with E-state index in [1.165, 1.54) is 24.3 Å². The van der Waals surface area contributed by atoms with Gasteiger partial charge in [0.05, 0.1) is 5.56 Å². The zero-order valence-electron chi connectivity index (χ0n) is 12.1.